The van der Waals surface area contributed by atoms with E-state index in [-0.39, 0.29) is 12.4 Å². The molecule has 0 fully saturated rings. The Kier molecular flexibility index (Phi) is 5.00. The zero-order chi connectivity index (χ0) is 12.8. The van der Waals surface area contributed by atoms with Gasteiger partial charge in [0.2, 0.25) is 0 Å². The molecule has 1 unspecified atom stereocenters. The van der Waals surface area contributed by atoms with Crippen molar-refractivity contribution in [2.24, 2.45) is 0 Å². The van der Waals surface area contributed by atoms with Crippen LogP contribution >= 0.6 is 0 Å². The second kappa shape index (κ2) is 6.27. The van der Waals surface area contributed by atoms with Gasteiger partial charge in [-0.15, -0.1) is 6.58 Å². The Labute approximate surface area is 101 Å². The lowest BCUT2D eigenvalue weighted by atomic mass is 10.1. The lowest BCUT2D eigenvalue weighted by Crippen LogP contribution is -2.26. The Bertz CT molecular complexity index is 377. The van der Waals surface area contributed by atoms with Crippen LogP contribution in [0.3, 0.4) is 0 Å². The first kappa shape index (κ1) is 13.5. The molecule has 0 amide bonds. The van der Waals surface area contributed by atoms with Gasteiger partial charge in [-0.05, 0) is 13.0 Å². The smallest absolute Gasteiger partial charge is 0.123 e. The Morgan fingerprint density at radius 1 is 1.47 bits per heavy atom. The van der Waals surface area contributed by atoms with Crippen molar-refractivity contribution in [1.29, 1.82) is 0 Å². The maximum absolute atomic E-state index is 9.77. The van der Waals surface area contributed by atoms with Crippen LogP contribution < -0.4 is 4.90 Å². The molecule has 1 aromatic rings. The Morgan fingerprint density at radius 3 is 2.65 bits per heavy atom. The van der Waals surface area contributed by atoms with Crippen molar-refractivity contribution in [1.82, 2.24) is 0 Å². The standard InChI is InChI=1S/C13H19NO3/c1-3-6-14(7-8-15)11-4-5-12(10(2)16)13(17)9-11/h3-5,9-10,15-17H,1,6-8H2,2H3. The molecule has 0 spiro atoms. The molecule has 0 aromatic heterocycles. The molecule has 0 saturated heterocycles. The minimum atomic E-state index is -0.699. The van der Waals surface area contributed by atoms with E-state index in [1.54, 1.807) is 31.2 Å². The molecule has 4 nitrogen and oxygen atoms in total. The highest BCUT2D eigenvalue weighted by atomic mass is 16.3. The van der Waals surface area contributed by atoms with Crippen LogP contribution in [0.15, 0.2) is 30.9 Å². The number of rotatable bonds is 6. The Morgan fingerprint density at radius 2 is 2.18 bits per heavy atom. The SMILES string of the molecule is C=CCN(CCO)c1ccc(C(C)O)c(O)c1. The molecule has 1 aromatic carbocycles. The fraction of sp³-hybridized carbons (Fsp3) is 0.385. The van der Waals surface area contributed by atoms with E-state index in [0.29, 0.717) is 18.7 Å². The van der Waals surface area contributed by atoms with Gasteiger partial charge in [0.15, 0.2) is 0 Å². The lowest BCUT2D eigenvalue weighted by molar-refractivity contribution is 0.195. The van der Waals surface area contributed by atoms with Crippen LogP contribution in [-0.2, 0) is 0 Å². The molecule has 0 bridgehead atoms. The van der Waals surface area contributed by atoms with E-state index in [0.717, 1.165) is 5.69 Å². The van der Waals surface area contributed by atoms with Crippen LogP contribution in [-0.4, -0.2) is 35.0 Å². The quantitative estimate of drug-likeness (QED) is 0.655. The fourth-order valence-corrected chi connectivity index (χ4v) is 1.68. The van der Waals surface area contributed by atoms with Gasteiger partial charge in [-0.25, -0.2) is 0 Å². The zero-order valence-corrected chi connectivity index (χ0v) is 10.0. The normalized spacial score (nSPS) is 12.2. The first-order valence-corrected chi connectivity index (χ1v) is 5.57. The van der Waals surface area contributed by atoms with E-state index >= 15 is 0 Å². The zero-order valence-electron chi connectivity index (χ0n) is 10.0. The average Bonchev–Trinajstić information content (AvgIpc) is 2.28. The minimum absolute atomic E-state index is 0.0345. The van der Waals surface area contributed by atoms with Crippen LogP contribution in [0.5, 0.6) is 5.75 Å². The Balaban J connectivity index is 2.97. The maximum atomic E-state index is 9.77. The molecular formula is C13H19NO3. The summed E-state index contributed by atoms with van der Waals surface area (Å²) in [4.78, 5) is 1.89. The molecule has 3 N–H and O–H groups in total. The summed E-state index contributed by atoms with van der Waals surface area (Å²) in [7, 11) is 0. The molecule has 0 aliphatic rings. The lowest BCUT2D eigenvalue weighted by Gasteiger charge is -2.23. The topological polar surface area (TPSA) is 63.9 Å². The van der Waals surface area contributed by atoms with Crippen molar-refractivity contribution in [2.75, 3.05) is 24.6 Å². The fourth-order valence-electron chi connectivity index (χ4n) is 1.68. The number of benzene rings is 1. The average molecular weight is 237 g/mol. The Hall–Kier alpha value is -1.52. The van der Waals surface area contributed by atoms with Crippen molar-refractivity contribution >= 4 is 5.69 Å². The van der Waals surface area contributed by atoms with Gasteiger partial charge < -0.3 is 20.2 Å². The van der Waals surface area contributed by atoms with Crippen LogP contribution in [0.2, 0.25) is 0 Å². The third-order valence-electron chi connectivity index (χ3n) is 2.55. The summed E-state index contributed by atoms with van der Waals surface area (Å²) < 4.78 is 0. The first-order valence-electron chi connectivity index (χ1n) is 5.57. The van der Waals surface area contributed by atoms with Gasteiger partial charge in [0.25, 0.3) is 0 Å². The van der Waals surface area contributed by atoms with Crippen LogP contribution in [0.1, 0.15) is 18.6 Å². The van der Waals surface area contributed by atoms with E-state index < -0.39 is 6.10 Å². The number of phenolic OH excluding ortho intramolecular Hbond substituents is 1. The summed E-state index contributed by atoms with van der Waals surface area (Å²) >= 11 is 0. The summed E-state index contributed by atoms with van der Waals surface area (Å²) in [6.07, 6.45) is 1.03. The highest BCUT2D eigenvalue weighted by Gasteiger charge is 2.10. The minimum Gasteiger partial charge on any atom is -0.507 e. The van der Waals surface area contributed by atoms with Crippen LogP contribution in [0, 0.1) is 0 Å². The number of hydrogen-bond donors (Lipinski definition) is 3. The molecule has 1 atom stereocenters. The van der Waals surface area contributed by atoms with Crippen LogP contribution in [0.4, 0.5) is 5.69 Å². The molecular weight excluding hydrogens is 218 g/mol. The number of phenols is 1. The van der Waals surface area contributed by atoms with Crippen molar-refractivity contribution < 1.29 is 15.3 Å². The van der Waals surface area contributed by atoms with E-state index in [9.17, 15) is 10.2 Å². The van der Waals surface area contributed by atoms with E-state index in [4.69, 9.17) is 5.11 Å². The molecule has 1 rings (SSSR count). The van der Waals surface area contributed by atoms with Crippen LogP contribution in [0.25, 0.3) is 0 Å². The van der Waals surface area contributed by atoms with Crippen molar-refractivity contribution in [3.63, 3.8) is 0 Å². The second-order valence-corrected chi connectivity index (χ2v) is 3.88. The van der Waals surface area contributed by atoms with Gasteiger partial charge in [0.1, 0.15) is 5.75 Å². The first-order chi connectivity index (χ1) is 8.10. The van der Waals surface area contributed by atoms with Crippen molar-refractivity contribution in [3.8, 4) is 5.75 Å². The second-order valence-electron chi connectivity index (χ2n) is 3.88. The van der Waals surface area contributed by atoms with Gasteiger partial charge in [-0.1, -0.05) is 12.1 Å². The molecule has 94 valence electrons. The molecule has 0 saturated carbocycles. The molecule has 4 heteroatoms. The summed E-state index contributed by atoms with van der Waals surface area (Å²) in [5.74, 6) is 0.0597. The predicted octanol–water partition coefficient (Wildman–Crippen LogP) is 1.43. The number of nitrogens with zero attached hydrogens (tertiary/aromatic N) is 1. The van der Waals surface area contributed by atoms with Gasteiger partial charge in [0.05, 0.1) is 12.7 Å². The number of anilines is 1. The molecule has 0 aliphatic heterocycles. The highest BCUT2D eigenvalue weighted by Crippen LogP contribution is 2.28. The summed E-state index contributed by atoms with van der Waals surface area (Å²) in [6.45, 7) is 6.35. The van der Waals surface area contributed by atoms with Gasteiger partial charge in [-0.3, -0.25) is 0 Å². The maximum Gasteiger partial charge on any atom is 0.123 e. The number of aliphatic hydroxyl groups excluding tert-OH is 2. The molecule has 0 radical (unpaired) electrons. The molecule has 17 heavy (non-hydrogen) atoms. The van der Waals surface area contributed by atoms with Gasteiger partial charge in [0, 0.05) is 30.4 Å². The summed E-state index contributed by atoms with van der Waals surface area (Å²) in [5, 5.41) is 28.1. The molecule has 0 aliphatic carbocycles. The summed E-state index contributed by atoms with van der Waals surface area (Å²) in [5.41, 5.74) is 1.29. The summed E-state index contributed by atoms with van der Waals surface area (Å²) in [6, 6.07) is 5.07. The van der Waals surface area contributed by atoms with Crippen molar-refractivity contribution in [3.05, 3.63) is 36.4 Å². The van der Waals surface area contributed by atoms with E-state index in [1.807, 2.05) is 4.90 Å². The third kappa shape index (κ3) is 3.47. The highest BCUT2D eigenvalue weighted by molar-refractivity contribution is 5.54. The van der Waals surface area contributed by atoms with Gasteiger partial charge >= 0.3 is 0 Å². The molecule has 0 heterocycles. The monoisotopic (exact) mass is 237 g/mol. The predicted molar refractivity (Wildman–Crippen MR) is 68.2 cm³/mol. The van der Waals surface area contributed by atoms with E-state index in [1.165, 1.54) is 0 Å². The number of aliphatic hydroxyl groups is 2. The van der Waals surface area contributed by atoms with Crippen molar-refractivity contribution in [2.45, 2.75) is 13.0 Å². The van der Waals surface area contributed by atoms with E-state index in [2.05, 4.69) is 6.58 Å². The number of hydrogen-bond acceptors (Lipinski definition) is 4. The third-order valence-corrected chi connectivity index (χ3v) is 2.55. The largest absolute Gasteiger partial charge is 0.507 e. The van der Waals surface area contributed by atoms with Gasteiger partial charge in [-0.2, -0.15) is 0 Å². The number of aromatic hydroxyl groups is 1.